The summed E-state index contributed by atoms with van der Waals surface area (Å²) in [4.78, 5) is 24.2. The number of amides is 1. The maximum Gasteiger partial charge on any atom is 0.490 e. The fraction of sp³-hybridized carbons (Fsp3) is 0.667. The van der Waals surface area contributed by atoms with E-state index in [1.54, 1.807) is 18.2 Å². The molecule has 0 radical (unpaired) electrons. The fourth-order valence-electron chi connectivity index (χ4n) is 6.78. The second-order valence-electron chi connectivity index (χ2n) is 10.0. The molecule has 0 spiro atoms. The van der Waals surface area contributed by atoms with Gasteiger partial charge < -0.3 is 19.5 Å². The Morgan fingerprint density at radius 3 is 2.33 bits per heavy atom. The van der Waals surface area contributed by atoms with Crippen molar-refractivity contribution in [1.82, 2.24) is 5.32 Å². The number of halogens is 6. The first kappa shape index (κ1) is 26.7. The van der Waals surface area contributed by atoms with E-state index in [-0.39, 0.29) is 37.5 Å². The quantitative estimate of drug-likeness (QED) is 0.309. The summed E-state index contributed by atoms with van der Waals surface area (Å²) in [5.74, 6) is -6.24. The molecule has 1 aromatic carbocycles. The van der Waals surface area contributed by atoms with Gasteiger partial charge in [-0.05, 0) is 43.1 Å². The van der Waals surface area contributed by atoms with E-state index in [0.29, 0.717) is 19.3 Å². The van der Waals surface area contributed by atoms with Crippen LogP contribution in [-0.4, -0.2) is 55.8 Å². The minimum Gasteiger partial charge on any atom is -0.452 e. The van der Waals surface area contributed by atoms with Crippen molar-refractivity contribution in [3.8, 4) is 0 Å². The molecular formula is C24H27F6NO5. The van der Waals surface area contributed by atoms with Gasteiger partial charge in [0.25, 0.3) is 0 Å². The molecule has 6 atom stereocenters. The van der Waals surface area contributed by atoms with E-state index >= 15 is 0 Å². The predicted molar refractivity (Wildman–Crippen MR) is 112 cm³/mol. The van der Waals surface area contributed by atoms with Crippen molar-refractivity contribution in [2.75, 3.05) is 20.3 Å². The van der Waals surface area contributed by atoms with Crippen molar-refractivity contribution < 1.29 is 50.1 Å². The standard InChI is InChI=1S/C24H27F6NO5/c1-34-7-8-35-21-10-14-9-16(12-21)17(22(11-14,13-21)36-20(33)24(28,29)30)18(15-5-3-2-4-6-15)31-19(32)23(25,26)27/h2-6,14,16-18H,7-13H2,1H3,(H,31,32)/t14-,16+,17-,18?,21+,22+/m1/s1. The van der Waals surface area contributed by atoms with E-state index in [1.807, 2.05) is 5.32 Å². The minimum absolute atomic E-state index is 0.0383. The first-order valence-corrected chi connectivity index (χ1v) is 11.6. The molecule has 0 saturated heterocycles. The zero-order valence-corrected chi connectivity index (χ0v) is 19.5. The molecular weight excluding hydrogens is 496 g/mol. The maximum atomic E-state index is 13.4. The molecule has 5 rings (SSSR count). The Balaban J connectivity index is 1.77. The minimum atomic E-state index is -5.30. The van der Waals surface area contributed by atoms with Crippen molar-refractivity contribution in [2.24, 2.45) is 17.8 Å². The van der Waals surface area contributed by atoms with Crippen molar-refractivity contribution >= 4 is 11.9 Å². The number of alkyl halides is 6. The summed E-state index contributed by atoms with van der Waals surface area (Å²) in [6.07, 6.45) is -9.18. The van der Waals surface area contributed by atoms with E-state index in [0.717, 1.165) is 0 Å². The van der Waals surface area contributed by atoms with E-state index < -0.39 is 53.3 Å². The molecule has 1 N–H and O–H groups in total. The number of hydrogen-bond acceptors (Lipinski definition) is 5. The monoisotopic (exact) mass is 523 g/mol. The smallest absolute Gasteiger partial charge is 0.452 e. The number of carbonyl (C=O) groups is 2. The third-order valence-corrected chi connectivity index (χ3v) is 7.59. The average Bonchev–Trinajstić information content (AvgIpc) is 2.76. The topological polar surface area (TPSA) is 73.9 Å². The number of nitrogens with one attached hydrogen (secondary N) is 1. The lowest BCUT2D eigenvalue weighted by molar-refractivity contribution is -0.279. The largest absolute Gasteiger partial charge is 0.490 e. The van der Waals surface area contributed by atoms with Crippen LogP contribution in [0.1, 0.15) is 43.7 Å². The number of benzene rings is 1. The van der Waals surface area contributed by atoms with Gasteiger partial charge in [0, 0.05) is 19.4 Å². The zero-order valence-electron chi connectivity index (χ0n) is 19.5. The fourth-order valence-corrected chi connectivity index (χ4v) is 6.78. The number of esters is 1. The molecule has 4 bridgehead atoms. The van der Waals surface area contributed by atoms with Crippen LogP contribution in [0.2, 0.25) is 0 Å². The van der Waals surface area contributed by atoms with Crippen LogP contribution in [0.3, 0.4) is 0 Å². The first-order valence-electron chi connectivity index (χ1n) is 11.6. The zero-order chi connectivity index (χ0) is 26.4. The van der Waals surface area contributed by atoms with Gasteiger partial charge in [0.2, 0.25) is 0 Å². The van der Waals surface area contributed by atoms with Crippen LogP contribution in [-0.2, 0) is 23.8 Å². The third kappa shape index (κ3) is 5.20. The Morgan fingerprint density at radius 2 is 1.72 bits per heavy atom. The van der Waals surface area contributed by atoms with Crippen LogP contribution < -0.4 is 5.32 Å². The summed E-state index contributed by atoms with van der Waals surface area (Å²) in [7, 11) is 1.47. The van der Waals surface area contributed by atoms with Crippen LogP contribution in [0, 0.1) is 17.8 Å². The van der Waals surface area contributed by atoms with Gasteiger partial charge >= 0.3 is 24.2 Å². The molecule has 36 heavy (non-hydrogen) atoms. The summed E-state index contributed by atoms with van der Waals surface area (Å²) >= 11 is 0. The number of carbonyl (C=O) groups excluding carboxylic acids is 2. The highest BCUT2D eigenvalue weighted by atomic mass is 19.4. The molecule has 6 nitrogen and oxygen atoms in total. The Labute approximate surface area is 203 Å². The molecule has 200 valence electrons. The molecule has 12 heteroatoms. The Hall–Kier alpha value is -2.34. The van der Waals surface area contributed by atoms with Gasteiger partial charge in [0.15, 0.2) is 0 Å². The summed E-state index contributed by atoms with van der Waals surface area (Å²) in [5, 5.41) is 2.01. The second-order valence-corrected chi connectivity index (χ2v) is 10.0. The molecule has 0 heterocycles. The van der Waals surface area contributed by atoms with Crippen LogP contribution in [0.5, 0.6) is 0 Å². The molecule has 4 saturated carbocycles. The van der Waals surface area contributed by atoms with Crippen LogP contribution in [0.15, 0.2) is 30.3 Å². The highest BCUT2D eigenvalue weighted by molar-refractivity contribution is 5.82. The highest BCUT2D eigenvalue weighted by Gasteiger charge is 2.68. The molecule has 0 aliphatic heterocycles. The lowest BCUT2D eigenvalue weighted by Gasteiger charge is -2.65. The number of ether oxygens (including phenoxy) is 3. The summed E-state index contributed by atoms with van der Waals surface area (Å²) in [6.45, 7) is 0.404. The summed E-state index contributed by atoms with van der Waals surface area (Å²) in [6, 6.07) is 6.40. The highest BCUT2D eigenvalue weighted by Crippen LogP contribution is 2.65. The SMILES string of the molecule is COCCO[C@@]12C[C@H]3C[C@@H](C1)[C@H](C(NC(=O)C(F)(F)F)c1ccccc1)[C@](OC(=O)C(F)(F)F)(C3)C2. The van der Waals surface area contributed by atoms with Gasteiger partial charge in [0.05, 0.1) is 24.9 Å². The number of methoxy groups -OCH3 is 1. The molecule has 4 fully saturated rings. The first-order chi connectivity index (χ1) is 16.8. The Morgan fingerprint density at radius 1 is 1.03 bits per heavy atom. The van der Waals surface area contributed by atoms with Gasteiger partial charge in [-0.3, -0.25) is 4.79 Å². The summed E-state index contributed by atoms with van der Waals surface area (Å²) in [5.41, 5.74) is -2.39. The van der Waals surface area contributed by atoms with Gasteiger partial charge in [-0.1, -0.05) is 30.3 Å². The maximum absolute atomic E-state index is 13.4. The normalized spacial score (nSPS) is 32.2. The van der Waals surface area contributed by atoms with E-state index in [4.69, 9.17) is 14.2 Å². The van der Waals surface area contributed by atoms with Crippen LogP contribution >= 0.6 is 0 Å². The third-order valence-electron chi connectivity index (χ3n) is 7.59. The van der Waals surface area contributed by atoms with Gasteiger partial charge in [0.1, 0.15) is 5.60 Å². The van der Waals surface area contributed by atoms with E-state index in [9.17, 15) is 35.9 Å². The van der Waals surface area contributed by atoms with Crippen molar-refractivity contribution in [3.05, 3.63) is 35.9 Å². The van der Waals surface area contributed by atoms with E-state index in [1.165, 1.54) is 19.2 Å². The Kier molecular flexibility index (Phi) is 7.06. The number of rotatable bonds is 8. The molecule has 0 aromatic heterocycles. The van der Waals surface area contributed by atoms with Gasteiger partial charge in [-0.2, -0.15) is 26.3 Å². The predicted octanol–water partition coefficient (Wildman–Crippen LogP) is 4.49. The van der Waals surface area contributed by atoms with E-state index in [2.05, 4.69) is 0 Å². The summed E-state index contributed by atoms with van der Waals surface area (Å²) < 4.78 is 96.2. The molecule has 1 unspecified atom stereocenters. The average molecular weight is 523 g/mol. The molecule has 1 aromatic rings. The van der Waals surface area contributed by atoms with Crippen molar-refractivity contribution in [2.45, 2.75) is 61.7 Å². The Bertz CT molecular complexity index is 970. The lowest BCUT2D eigenvalue weighted by atomic mass is 9.46. The molecule has 1 amide bonds. The molecule has 4 aliphatic carbocycles. The van der Waals surface area contributed by atoms with Crippen molar-refractivity contribution in [3.63, 3.8) is 0 Å². The molecule has 4 aliphatic rings. The van der Waals surface area contributed by atoms with Crippen molar-refractivity contribution in [1.29, 1.82) is 0 Å². The van der Waals surface area contributed by atoms with Gasteiger partial charge in [-0.25, -0.2) is 4.79 Å². The van der Waals surface area contributed by atoms with Crippen LogP contribution in [0.25, 0.3) is 0 Å². The lowest BCUT2D eigenvalue weighted by Crippen LogP contribution is -2.68. The number of hydrogen-bond donors (Lipinski definition) is 1. The van der Waals surface area contributed by atoms with Gasteiger partial charge in [-0.15, -0.1) is 0 Å². The second kappa shape index (κ2) is 9.51. The van der Waals surface area contributed by atoms with Crippen LogP contribution in [0.4, 0.5) is 26.3 Å².